The van der Waals surface area contributed by atoms with Gasteiger partial charge in [-0.1, -0.05) is 12.1 Å². The lowest BCUT2D eigenvalue weighted by Crippen LogP contribution is -2.35. The van der Waals surface area contributed by atoms with E-state index in [0.717, 1.165) is 50.3 Å². The Hall–Kier alpha value is -2.89. The van der Waals surface area contributed by atoms with Gasteiger partial charge in [0.05, 0.1) is 11.0 Å². The van der Waals surface area contributed by atoms with Crippen LogP contribution >= 0.6 is 0 Å². The van der Waals surface area contributed by atoms with Gasteiger partial charge in [0.1, 0.15) is 0 Å². The topological polar surface area (TPSA) is 62.0 Å². The van der Waals surface area contributed by atoms with Gasteiger partial charge < -0.3 is 9.80 Å². The second kappa shape index (κ2) is 9.35. The van der Waals surface area contributed by atoms with Crippen LogP contribution in [0, 0.1) is 10.1 Å². The molecule has 0 amide bonds. The molecule has 0 radical (unpaired) electrons. The van der Waals surface area contributed by atoms with Crippen molar-refractivity contribution < 1.29 is 4.92 Å². The third-order valence-corrected chi connectivity index (χ3v) is 5.35. The molecule has 28 heavy (non-hydrogen) atoms. The van der Waals surface area contributed by atoms with Gasteiger partial charge in [0.2, 0.25) is 0 Å². The third-order valence-electron chi connectivity index (χ3n) is 5.35. The molecule has 148 valence electrons. The first-order chi connectivity index (χ1) is 13.6. The maximum Gasteiger partial charge on any atom is 0.269 e. The van der Waals surface area contributed by atoms with E-state index in [-0.39, 0.29) is 10.6 Å². The number of rotatable bonds is 7. The Bertz CT molecular complexity index is 790. The molecule has 0 aromatic heterocycles. The molecule has 1 saturated heterocycles. The van der Waals surface area contributed by atoms with E-state index < -0.39 is 0 Å². The lowest BCUT2D eigenvalue weighted by Gasteiger charge is -2.32. The van der Waals surface area contributed by atoms with Crippen LogP contribution in [0.15, 0.2) is 53.5 Å². The predicted molar refractivity (Wildman–Crippen MR) is 116 cm³/mol. The van der Waals surface area contributed by atoms with E-state index in [0.29, 0.717) is 6.04 Å². The van der Waals surface area contributed by atoms with Crippen LogP contribution in [0.25, 0.3) is 0 Å². The monoisotopic (exact) mass is 380 g/mol. The van der Waals surface area contributed by atoms with Crippen molar-refractivity contribution in [2.24, 2.45) is 4.99 Å². The Balaban J connectivity index is 1.53. The lowest BCUT2D eigenvalue weighted by atomic mass is 10.0. The van der Waals surface area contributed by atoms with Crippen LogP contribution in [0.4, 0.5) is 17.1 Å². The van der Waals surface area contributed by atoms with Crippen LogP contribution in [0.5, 0.6) is 0 Å². The van der Waals surface area contributed by atoms with Crippen molar-refractivity contribution >= 4 is 23.3 Å². The highest BCUT2D eigenvalue weighted by Gasteiger charge is 2.19. The molecule has 0 saturated carbocycles. The fourth-order valence-corrected chi connectivity index (χ4v) is 3.61. The van der Waals surface area contributed by atoms with Crippen molar-refractivity contribution in [3.63, 3.8) is 0 Å². The molecule has 6 nitrogen and oxygen atoms in total. The van der Waals surface area contributed by atoms with Crippen molar-refractivity contribution in [2.75, 3.05) is 36.0 Å². The summed E-state index contributed by atoms with van der Waals surface area (Å²) < 4.78 is 0. The van der Waals surface area contributed by atoms with Gasteiger partial charge in [-0.15, -0.1) is 0 Å². The first kappa shape index (κ1) is 19.9. The molecule has 2 aromatic rings. The third kappa shape index (κ3) is 4.88. The summed E-state index contributed by atoms with van der Waals surface area (Å²) in [4.78, 5) is 19.8. The van der Waals surface area contributed by atoms with Gasteiger partial charge in [-0.05, 0) is 56.5 Å². The molecule has 0 bridgehead atoms. The van der Waals surface area contributed by atoms with E-state index in [1.807, 2.05) is 18.3 Å². The van der Waals surface area contributed by atoms with Crippen molar-refractivity contribution in [2.45, 2.75) is 32.7 Å². The first-order valence-electron chi connectivity index (χ1n) is 9.98. The average Bonchev–Trinajstić information content (AvgIpc) is 2.74. The number of hydrogen-bond acceptors (Lipinski definition) is 5. The van der Waals surface area contributed by atoms with E-state index in [1.165, 1.54) is 5.69 Å². The van der Waals surface area contributed by atoms with Gasteiger partial charge in [-0.3, -0.25) is 15.1 Å². The number of nitro benzene ring substituents is 1. The van der Waals surface area contributed by atoms with Crippen LogP contribution in [0.2, 0.25) is 0 Å². The standard InChI is InChI=1S/C22H28N4O2/c1-3-24(4-2)20-7-5-18(6-8-20)17-23-19-13-15-25(16-14-19)21-9-11-22(12-10-21)26(27)28/h5-12,17,19H,3-4,13-16H2,1-2H3. The summed E-state index contributed by atoms with van der Waals surface area (Å²) in [6.07, 6.45) is 3.97. The van der Waals surface area contributed by atoms with E-state index >= 15 is 0 Å². The molecule has 3 rings (SSSR count). The Morgan fingerprint density at radius 1 is 1.07 bits per heavy atom. The molecule has 6 heteroatoms. The van der Waals surface area contributed by atoms with Crippen LogP contribution in [-0.2, 0) is 0 Å². The zero-order valence-electron chi connectivity index (χ0n) is 16.6. The van der Waals surface area contributed by atoms with Crippen LogP contribution < -0.4 is 9.80 Å². The summed E-state index contributed by atoms with van der Waals surface area (Å²) in [7, 11) is 0. The summed E-state index contributed by atoms with van der Waals surface area (Å²) >= 11 is 0. The minimum absolute atomic E-state index is 0.134. The zero-order valence-corrected chi connectivity index (χ0v) is 16.6. The Kier molecular flexibility index (Phi) is 6.63. The highest BCUT2D eigenvalue weighted by Crippen LogP contribution is 2.24. The van der Waals surface area contributed by atoms with E-state index in [2.05, 4.69) is 47.9 Å². The van der Waals surface area contributed by atoms with Crippen LogP contribution in [0.3, 0.4) is 0 Å². The molecular weight excluding hydrogens is 352 g/mol. The highest BCUT2D eigenvalue weighted by atomic mass is 16.6. The van der Waals surface area contributed by atoms with Gasteiger partial charge >= 0.3 is 0 Å². The Labute approximate surface area is 166 Å². The molecular formula is C22H28N4O2. The molecule has 1 aliphatic rings. The minimum Gasteiger partial charge on any atom is -0.372 e. The van der Waals surface area contributed by atoms with E-state index in [9.17, 15) is 10.1 Å². The molecule has 0 unspecified atom stereocenters. The second-order valence-electron chi connectivity index (χ2n) is 7.03. The summed E-state index contributed by atoms with van der Waals surface area (Å²) in [5.41, 5.74) is 3.56. The van der Waals surface area contributed by atoms with Crippen molar-refractivity contribution in [3.05, 3.63) is 64.2 Å². The average molecular weight is 380 g/mol. The van der Waals surface area contributed by atoms with Crippen molar-refractivity contribution in [1.82, 2.24) is 0 Å². The smallest absolute Gasteiger partial charge is 0.269 e. The molecule has 0 spiro atoms. The van der Waals surface area contributed by atoms with Crippen molar-refractivity contribution in [3.8, 4) is 0 Å². The summed E-state index contributed by atoms with van der Waals surface area (Å²) in [5.74, 6) is 0. The van der Waals surface area contributed by atoms with Crippen molar-refractivity contribution in [1.29, 1.82) is 0 Å². The van der Waals surface area contributed by atoms with Gasteiger partial charge in [0, 0.05) is 55.9 Å². The first-order valence-corrected chi connectivity index (χ1v) is 9.98. The molecule has 1 heterocycles. The summed E-state index contributed by atoms with van der Waals surface area (Å²) in [6, 6.07) is 15.7. The normalized spacial score (nSPS) is 15.1. The number of aliphatic imine (C=N–C) groups is 1. The fraction of sp³-hybridized carbons (Fsp3) is 0.409. The quantitative estimate of drug-likeness (QED) is 0.402. The van der Waals surface area contributed by atoms with Gasteiger partial charge in [-0.25, -0.2) is 0 Å². The number of nitrogens with zero attached hydrogens (tertiary/aromatic N) is 4. The Morgan fingerprint density at radius 2 is 1.68 bits per heavy atom. The predicted octanol–water partition coefficient (Wildman–Crippen LogP) is 4.53. The van der Waals surface area contributed by atoms with Crippen LogP contribution in [0.1, 0.15) is 32.3 Å². The highest BCUT2D eigenvalue weighted by molar-refractivity contribution is 5.80. The number of hydrogen-bond donors (Lipinski definition) is 0. The fourth-order valence-electron chi connectivity index (χ4n) is 3.61. The lowest BCUT2D eigenvalue weighted by molar-refractivity contribution is -0.384. The van der Waals surface area contributed by atoms with Gasteiger partial charge in [0.15, 0.2) is 0 Å². The SMILES string of the molecule is CCN(CC)c1ccc(C=NC2CCN(c3ccc([N+](=O)[O-])cc3)CC2)cc1. The zero-order chi connectivity index (χ0) is 19.9. The van der Waals surface area contributed by atoms with Gasteiger partial charge in [-0.2, -0.15) is 0 Å². The summed E-state index contributed by atoms with van der Waals surface area (Å²) in [5, 5.41) is 10.8. The second-order valence-corrected chi connectivity index (χ2v) is 7.03. The van der Waals surface area contributed by atoms with Gasteiger partial charge in [0.25, 0.3) is 5.69 Å². The molecule has 0 N–H and O–H groups in total. The maximum atomic E-state index is 10.8. The molecule has 1 fully saturated rings. The molecule has 0 aliphatic carbocycles. The number of anilines is 2. The number of nitro groups is 1. The van der Waals surface area contributed by atoms with E-state index in [4.69, 9.17) is 4.99 Å². The number of non-ortho nitro benzene ring substituents is 1. The molecule has 0 atom stereocenters. The number of piperidine rings is 1. The minimum atomic E-state index is -0.362. The maximum absolute atomic E-state index is 10.8. The van der Waals surface area contributed by atoms with E-state index in [1.54, 1.807) is 12.1 Å². The molecule has 1 aliphatic heterocycles. The summed E-state index contributed by atoms with van der Waals surface area (Å²) in [6.45, 7) is 8.19. The van der Waals surface area contributed by atoms with Crippen LogP contribution in [-0.4, -0.2) is 43.4 Å². The molecule has 2 aromatic carbocycles. The largest absolute Gasteiger partial charge is 0.372 e. The number of benzene rings is 2. The Morgan fingerprint density at radius 3 is 2.21 bits per heavy atom.